The zero-order chi connectivity index (χ0) is 18.5. The lowest BCUT2D eigenvalue weighted by Gasteiger charge is -2.23. The summed E-state index contributed by atoms with van der Waals surface area (Å²) in [4.78, 5) is 29.1. The summed E-state index contributed by atoms with van der Waals surface area (Å²) < 4.78 is 5.08. The molecule has 0 spiro atoms. The Kier molecular flexibility index (Phi) is 5.42. The van der Waals surface area contributed by atoms with Crippen LogP contribution in [0.4, 0.5) is 0 Å². The zero-order valence-corrected chi connectivity index (χ0v) is 14.6. The Morgan fingerprint density at radius 1 is 1.23 bits per heavy atom. The van der Waals surface area contributed by atoms with Crippen molar-refractivity contribution in [2.45, 2.75) is 45.1 Å². The van der Waals surface area contributed by atoms with E-state index in [9.17, 15) is 14.9 Å². The van der Waals surface area contributed by atoms with Crippen molar-refractivity contribution in [2.75, 3.05) is 0 Å². The number of nitriles is 1. The van der Waals surface area contributed by atoms with Crippen LogP contribution in [-0.2, 0) is 4.79 Å². The molecule has 0 aliphatic heterocycles. The molecule has 0 radical (unpaired) electrons. The lowest BCUT2D eigenvalue weighted by atomic mass is 9.93. The Labute approximate surface area is 151 Å². The van der Waals surface area contributed by atoms with Gasteiger partial charge in [-0.3, -0.25) is 9.59 Å². The molecule has 26 heavy (non-hydrogen) atoms. The molecule has 1 atom stereocenters. The van der Waals surface area contributed by atoms with Crippen LogP contribution in [-0.4, -0.2) is 27.9 Å². The highest BCUT2D eigenvalue weighted by Crippen LogP contribution is 2.20. The minimum absolute atomic E-state index is 0.0584. The van der Waals surface area contributed by atoms with E-state index in [1.807, 2.05) is 6.07 Å². The Bertz CT molecular complexity index is 829. The van der Waals surface area contributed by atoms with Crippen molar-refractivity contribution in [1.29, 1.82) is 5.26 Å². The van der Waals surface area contributed by atoms with Gasteiger partial charge in [-0.25, -0.2) is 0 Å². The minimum atomic E-state index is -1.34. The summed E-state index contributed by atoms with van der Waals surface area (Å²) in [6.45, 7) is 1.72. The molecule has 0 bridgehead atoms. The van der Waals surface area contributed by atoms with E-state index in [4.69, 9.17) is 4.52 Å². The SMILES string of the molecule is Cc1noc(-c2ccc(C(=O)C(C#N)C(=O)NC3CCCCC3)cc2)n1. The van der Waals surface area contributed by atoms with Crippen molar-refractivity contribution >= 4 is 11.7 Å². The second-order valence-electron chi connectivity index (χ2n) is 6.49. The first kappa shape index (κ1) is 17.8. The smallest absolute Gasteiger partial charge is 0.257 e. The van der Waals surface area contributed by atoms with Crippen LogP contribution < -0.4 is 5.32 Å². The highest BCUT2D eigenvalue weighted by atomic mass is 16.5. The number of carbonyl (C=O) groups is 2. The molecular formula is C19H20N4O3. The molecule has 7 nitrogen and oxygen atoms in total. The number of hydrogen-bond donors (Lipinski definition) is 1. The average Bonchev–Trinajstić information content (AvgIpc) is 3.09. The predicted octanol–water partition coefficient (Wildman–Crippen LogP) is 2.82. The molecule has 3 rings (SSSR count). The van der Waals surface area contributed by atoms with Gasteiger partial charge in [-0.2, -0.15) is 10.2 Å². The Morgan fingerprint density at radius 3 is 2.50 bits per heavy atom. The second-order valence-corrected chi connectivity index (χ2v) is 6.49. The molecule has 1 N–H and O–H groups in total. The van der Waals surface area contributed by atoms with Crippen LogP contribution in [0.25, 0.3) is 11.5 Å². The van der Waals surface area contributed by atoms with Crippen LogP contribution in [0.5, 0.6) is 0 Å². The molecule has 1 aliphatic carbocycles. The molecule has 1 saturated carbocycles. The molecule has 1 unspecified atom stereocenters. The molecule has 1 aromatic heterocycles. The third kappa shape index (κ3) is 3.97. The van der Waals surface area contributed by atoms with Gasteiger partial charge in [0.15, 0.2) is 17.5 Å². The summed E-state index contributed by atoms with van der Waals surface area (Å²) in [5, 5.41) is 15.9. The van der Waals surface area contributed by atoms with Crippen molar-refractivity contribution in [2.24, 2.45) is 5.92 Å². The maximum absolute atomic E-state index is 12.6. The van der Waals surface area contributed by atoms with Crippen LogP contribution in [0.15, 0.2) is 28.8 Å². The molecule has 2 aromatic rings. The lowest BCUT2D eigenvalue weighted by molar-refractivity contribution is -0.123. The quantitative estimate of drug-likeness (QED) is 0.654. The van der Waals surface area contributed by atoms with Gasteiger partial charge in [0.05, 0.1) is 6.07 Å². The number of benzene rings is 1. The maximum Gasteiger partial charge on any atom is 0.257 e. The van der Waals surface area contributed by atoms with Gasteiger partial charge in [-0.15, -0.1) is 0 Å². The van der Waals surface area contributed by atoms with Gasteiger partial charge < -0.3 is 9.84 Å². The summed E-state index contributed by atoms with van der Waals surface area (Å²) in [7, 11) is 0. The maximum atomic E-state index is 12.6. The summed E-state index contributed by atoms with van der Waals surface area (Å²) in [6.07, 6.45) is 5.09. The molecule has 1 fully saturated rings. The first-order chi connectivity index (χ1) is 12.6. The summed E-state index contributed by atoms with van der Waals surface area (Å²) >= 11 is 0. The van der Waals surface area contributed by atoms with Crippen LogP contribution in [0.1, 0.15) is 48.3 Å². The zero-order valence-electron chi connectivity index (χ0n) is 14.6. The minimum Gasteiger partial charge on any atom is -0.352 e. The number of nitrogens with one attached hydrogen (secondary N) is 1. The third-order valence-corrected chi connectivity index (χ3v) is 4.55. The Hall–Kier alpha value is -3.01. The van der Waals surface area contributed by atoms with E-state index in [1.54, 1.807) is 31.2 Å². The largest absolute Gasteiger partial charge is 0.352 e. The first-order valence-electron chi connectivity index (χ1n) is 8.73. The van der Waals surface area contributed by atoms with Gasteiger partial charge in [0, 0.05) is 17.2 Å². The number of aromatic nitrogens is 2. The van der Waals surface area contributed by atoms with Crippen LogP contribution in [0.2, 0.25) is 0 Å². The van der Waals surface area contributed by atoms with Crippen LogP contribution in [0.3, 0.4) is 0 Å². The Morgan fingerprint density at radius 2 is 1.92 bits per heavy atom. The molecule has 134 valence electrons. The fourth-order valence-electron chi connectivity index (χ4n) is 3.13. The number of Topliss-reactive ketones (excluding diaryl/α,β-unsaturated/α-hetero) is 1. The number of ketones is 1. The normalized spacial score (nSPS) is 15.8. The molecular weight excluding hydrogens is 332 g/mol. The predicted molar refractivity (Wildman–Crippen MR) is 92.9 cm³/mol. The highest BCUT2D eigenvalue weighted by molar-refractivity contribution is 6.12. The van der Waals surface area contributed by atoms with E-state index >= 15 is 0 Å². The van der Waals surface area contributed by atoms with E-state index < -0.39 is 17.6 Å². The van der Waals surface area contributed by atoms with Gasteiger partial charge in [-0.1, -0.05) is 36.6 Å². The number of hydrogen-bond acceptors (Lipinski definition) is 6. The van der Waals surface area contributed by atoms with Gasteiger partial charge in [0.2, 0.25) is 5.91 Å². The van der Waals surface area contributed by atoms with E-state index in [2.05, 4.69) is 15.5 Å². The van der Waals surface area contributed by atoms with E-state index in [1.165, 1.54) is 6.42 Å². The summed E-state index contributed by atoms with van der Waals surface area (Å²) in [6, 6.07) is 8.35. The second kappa shape index (κ2) is 7.91. The van der Waals surface area contributed by atoms with Crippen LogP contribution in [0, 0.1) is 24.2 Å². The number of rotatable bonds is 5. The van der Waals surface area contributed by atoms with Crippen molar-refractivity contribution < 1.29 is 14.1 Å². The Balaban J connectivity index is 1.69. The highest BCUT2D eigenvalue weighted by Gasteiger charge is 2.29. The van der Waals surface area contributed by atoms with Crippen molar-refractivity contribution in [3.05, 3.63) is 35.7 Å². The third-order valence-electron chi connectivity index (χ3n) is 4.55. The fraction of sp³-hybridized carbons (Fsp3) is 0.421. The fourth-order valence-corrected chi connectivity index (χ4v) is 3.13. The topological polar surface area (TPSA) is 109 Å². The summed E-state index contributed by atoms with van der Waals surface area (Å²) in [5.74, 6) is -1.49. The van der Waals surface area contributed by atoms with Gasteiger partial charge in [0.1, 0.15) is 0 Å². The van der Waals surface area contributed by atoms with Gasteiger partial charge in [-0.05, 0) is 31.9 Å². The van der Waals surface area contributed by atoms with Crippen molar-refractivity contribution in [3.63, 3.8) is 0 Å². The molecule has 1 heterocycles. The number of amides is 1. The first-order valence-corrected chi connectivity index (χ1v) is 8.73. The molecule has 1 aromatic carbocycles. The average molecular weight is 352 g/mol. The molecule has 0 saturated heterocycles. The van der Waals surface area contributed by atoms with E-state index in [0.29, 0.717) is 22.8 Å². The standard InChI is InChI=1S/C19H20N4O3/c1-12-21-19(26-23-12)14-9-7-13(8-10-14)17(24)16(11-20)18(25)22-15-5-3-2-4-6-15/h7-10,15-16H,2-6H2,1H3,(H,22,25). The van der Waals surface area contributed by atoms with E-state index in [0.717, 1.165) is 25.7 Å². The van der Waals surface area contributed by atoms with Crippen LogP contribution >= 0.6 is 0 Å². The molecule has 7 heteroatoms. The molecule has 1 amide bonds. The van der Waals surface area contributed by atoms with Gasteiger partial charge in [0.25, 0.3) is 5.89 Å². The summed E-state index contributed by atoms with van der Waals surface area (Å²) in [5.41, 5.74) is 0.970. The number of carbonyl (C=O) groups excluding carboxylic acids is 2. The molecule has 1 aliphatic rings. The van der Waals surface area contributed by atoms with E-state index in [-0.39, 0.29) is 6.04 Å². The monoisotopic (exact) mass is 352 g/mol. The van der Waals surface area contributed by atoms with Gasteiger partial charge >= 0.3 is 0 Å². The van der Waals surface area contributed by atoms with Crippen molar-refractivity contribution in [3.8, 4) is 17.5 Å². The number of aryl methyl sites for hydroxylation is 1. The lowest BCUT2D eigenvalue weighted by Crippen LogP contribution is -2.42. The van der Waals surface area contributed by atoms with Crippen molar-refractivity contribution in [1.82, 2.24) is 15.5 Å². The number of nitrogens with zero attached hydrogens (tertiary/aromatic N) is 3.